The molecule has 25 heavy (non-hydrogen) atoms. The SMILES string of the molecule is ON1C=CC(=c2ccc3c(c2)N=NC=3c2cc3ccccc3[nH]2)C=C1. The molecule has 0 bridgehead atoms. The van der Waals surface area contributed by atoms with E-state index >= 15 is 0 Å². The number of nitrogens with one attached hydrogen (secondary N) is 1. The van der Waals surface area contributed by atoms with Crippen molar-refractivity contribution in [3.05, 3.63) is 89.2 Å². The van der Waals surface area contributed by atoms with Crippen LogP contribution in [0.15, 0.2) is 83.3 Å². The number of hydrogen-bond donors (Lipinski definition) is 2. The zero-order chi connectivity index (χ0) is 16.8. The standard InChI is InChI=1S/C20H14N4O/c25-24-9-7-13(8-10-24)14-5-6-16-18(11-14)22-23-20(16)19-12-15-3-1-2-4-17(15)21-19/h1-12,21,25H. The van der Waals surface area contributed by atoms with Crippen LogP contribution < -0.4 is 10.4 Å². The van der Waals surface area contributed by atoms with E-state index in [2.05, 4.69) is 39.5 Å². The number of azo groups is 1. The van der Waals surface area contributed by atoms with Crippen LogP contribution in [0.25, 0.3) is 22.2 Å². The van der Waals surface area contributed by atoms with Gasteiger partial charge < -0.3 is 4.98 Å². The summed E-state index contributed by atoms with van der Waals surface area (Å²) in [6.45, 7) is 0. The average Bonchev–Trinajstić information content (AvgIpc) is 3.25. The third kappa shape index (κ3) is 2.29. The number of aromatic nitrogens is 1. The quantitative estimate of drug-likeness (QED) is 0.720. The molecule has 2 aliphatic rings. The van der Waals surface area contributed by atoms with Crippen molar-refractivity contribution in [2.24, 2.45) is 10.2 Å². The van der Waals surface area contributed by atoms with Gasteiger partial charge in [0.05, 0.1) is 11.4 Å². The first-order valence-electron chi connectivity index (χ1n) is 8.00. The van der Waals surface area contributed by atoms with Crippen molar-refractivity contribution in [3.8, 4) is 0 Å². The molecule has 0 atom stereocenters. The van der Waals surface area contributed by atoms with Crippen LogP contribution in [-0.2, 0) is 0 Å². The van der Waals surface area contributed by atoms with Gasteiger partial charge in [0.2, 0.25) is 0 Å². The second-order valence-electron chi connectivity index (χ2n) is 6.02. The molecule has 5 nitrogen and oxygen atoms in total. The van der Waals surface area contributed by atoms with E-state index in [1.807, 2.05) is 36.4 Å². The molecule has 0 fully saturated rings. The zero-order valence-electron chi connectivity index (χ0n) is 13.2. The maximum absolute atomic E-state index is 9.36. The Morgan fingerprint density at radius 1 is 0.920 bits per heavy atom. The third-order valence-corrected chi connectivity index (χ3v) is 4.44. The van der Waals surface area contributed by atoms with Gasteiger partial charge in [-0.1, -0.05) is 24.3 Å². The monoisotopic (exact) mass is 326 g/mol. The minimum Gasteiger partial charge on any atom is -0.353 e. The minimum absolute atomic E-state index is 0.854. The summed E-state index contributed by atoms with van der Waals surface area (Å²) >= 11 is 0. The summed E-state index contributed by atoms with van der Waals surface area (Å²) in [5.74, 6) is 0. The minimum atomic E-state index is 0.854. The molecule has 2 N–H and O–H groups in total. The van der Waals surface area contributed by atoms with Gasteiger partial charge >= 0.3 is 0 Å². The number of allylic oxidation sites excluding steroid dienone is 2. The van der Waals surface area contributed by atoms with Crippen molar-refractivity contribution >= 4 is 27.9 Å². The van der Waals surface area contributed by atoms with Crippen LogP contribution in [0, 0.1) is 0 Å². The predicted octanol–water partition coefficient (Wildman–Crippen LogP) is 3.30. The number of rotatable bonds is 1. The van der Waals surface area contributed by atoms with E-state index < -0.39 is 0 Å². The summed E-state index contributed by atoms with van der Waals surface area (Å²) in [7, 11) is 0. The molecule has 0 radical (unpaired) electrons. The van der Waals surface area contributed by atoms with Crippen LogP contribution in [0.2, 0.25) is 0 Å². The highest BCUT2D eigenvalue weighted by atomic mass is 16.5. The zero-order valence-corrected chi connectivity index (χ0v) is 13.2. The second kappa shape index (κ2) is 5.29. The largest absolute Gasteiger partial charge is 0.353 e. The van der Waals surface area contributed by atoms with Gasteiger partial charge in [0.25, 0.3) is 0 Å². The van der Waals surface area contributed by atoms with Crippen molar-refractivity contribution in [1.29, 1.82) is 0 Å². The molecule has 5 heteroatoms. The van der Waals surface area contributed by atoms with Crippen LogP contribution >= 0.6 is 0 Å². The first kappa shape index (κ1) is 13.9. The average molecular weight is 326 g/mol. The van der Waals surface area contributed by atoms with Crippen molar-refractivity contribution < 1.29 is 5.21 Å². The van der Waals surface area contributed by atoms with Crippen LogP contribution in [0.1, 0.15) is 5.69 Å². The predicted molar refractivity (Wildman–Crippen MR) is 96.3 cm³/mol. The maximum Gasteiger partial charge on any atom is 0.119 e. The molecular weight excluding hydrogens is 312 g/mol. The van der Waals surface area contributed by atoms with Crippen LogP contribution in [-0.4, -0.2) is 15.3 Å². The van der Waals surface area contributed by atoms with Crippen molar-refractivity contribution in [2.75, 3.05) is 0 Å². The molecule has 3 heterocycles. The third-order valence-electron chi connectivity index (χ3n) is 4.44. The van der Waals surface area contributed by atoms with Crippen LogP contribution in [0.4, 0.5) is 5.69 Å². The van der Waals surface area contributed by atoms with Gasteiger partial charge in [0, 0.05) is 28.5 Å². The Balaban J connectivity index is 1.67. The van der Waals surface area contributed by atoms with Gasteiger partial charge in [-0.25, -0.2) is 5.06 Å². The smallest absolute Gasteiger partial charge is 0.119 e. The van der Waals surface area contributed by atoms with Crippen LogP contribution in [0.3, 0.4) is 0 Å². The maximum atomic E-state index is 9.36. The molecule has 2 aromatic carbocycles. The fourth-order valence-electron chi connectivity index (χ4n) is 3.16. The number of H-pyrrole nitrogens is 1. The number of fused-ring (bicyclic) bond motifs is 2. The Hall–Kier alpha value is -3.44. The van der Waals surface area contributed by atoms with Gasteiger partial charge in [0.15, 0.2) is 0 Å². The van der Waals surface area contributed by atoms with E-state index in [-0.39, 0.29) is 0 Å². The highest BCUT2D eigenvalue weighted by molar-refractivity contribution is 5.85. The molecule has 2 aliphatic heterocycles. The Kier molecular flexibility index (Phi) is 2.95. The van der Waals surface area contributed by atoms with E-state index in [0.717, 1.165) is 49.1 Å². The van der Waals surface area contributed by atoms with E-state index in [0.29, 0.717) is 0 Å². The van der Waals surface area contributed by atoms with Crippen molar-refractivity contribution in [1.82, 2.24) is 10.0 Å². The topological polar surface area (TPSA) is 64.0 Å². The Morgan fingerprint density at radius 2 is 1.76 bits per heavy atom. The van der Waals surface area contributed by atoms with Crippen molar-refractivity contribution in [3.63, 3.8) is 0 Å². The van der Waals surface area contributed by atoms with Gasteiger partial charge in [-0.3, -0.25) is 5.21 Å². The molecule has 0 unspecified atom stereocenters. The highest BCUT2D eigenvalue weighted by Crippen LogP contribution is 2.25. The van der Waals surface area contributed by atoms with Crippen molar-refractivity contribution in [2.45, 2.75) is 0 Å². The highest BCUT2D eigenvalue weighted by Gasteiger charge is 2.13. The molecule has 0 spiro atoms. The molecule has 0 aliphatic carbocycles. The molecule has 1 aromatic heterocycles. The first-order chi connectivity index (χ1) is 12.3. The lowest BCUT2D eigenvalue weighted by Gasteiger charge is -2.09. The molecule has 120 valence electrons. The molecule has 0 saturated heterocycles. The Morgan fingerprint density at radius 3 is 2.60 bits per heavy atom. The summed E-state index contributed by atoms with van der Waals surface area (Å²) in [5.41, 5.74) is 4.79. The number of hydroxylamine groups is 2. The lowest BCUT2D eigenvalue weighted by Crippen LogP contribution is -2.13. The molecule has 0 saturated carbocycles. The fraction of sp³-hybridized carbons (Fsp3) is 0. The van der Waals surface area contributed by atoms with Crippen LogP contribution in [0.5, 0.6) is 0 Å². The Bertz CT molecular complexity index is 1160. The summed E-state index contributed by atoms with van der Waals surface area (Å²) in [5, 5.41) is 22.3. The van der Waals surface area contributed by atoms with Gasteiger partial charge in [0.1, 0.15) is 5.70 Å². The molecular formula is C20H14N4O. The fourth-order valence-corrected chi connectivity index (χ4v) is 3.16. The van der Waals surface area contributed by atoms with E-state index in [1.165, 1.54) is 0 Å². The molecule has 5 rings (SSSR count). The van der Waals surface area contributed by atoms with E-state index in [4.69, 9.17) is 0 Å². The number of hydrogen-bond acceptors (Lipinski definition) is 4. The summed E-state index contributed by atoms with van der Waals surface area (Å²) in [6, 6.07) is 16.4. The Labute approximate surface area is 143 Å². The second-order valence-corrected chi connectivity index (χ2v) is 6.02. The van der Waals surface area contributed by atoms with Gasteiger partial charge in [-0.15, -0.1) is 10.2 Å². The summed E-state index contributed by atoms with van der Waals surface area (Å²) in [4.78, 5) is 3.41. The lowest BCUT2D eigenvalue weighted by molar-refractivity contribution is 0.0109. The molecule has 3 aromatic rings. The summed E-state index contributed by atoms with van der Waals surface area (Å²) in [6.07, 6.45) is 6.92. The van der Waals surface area contributed by atoms with Gasteiger partial charge in [-0.05, 0) is 47.2 Å². The number of para-hydroxylation sites is 1. The first-order valence-corrected chi connectivity index (χ1v) is 8.00. The number of nitrogens with zero attached hydrogens (tertiary/aromatic N) is 3. The number of aromatic amines is 1. The normalized spacial score (nSPS) is 15.5. The molecule has 0 amide bonds. The van der Waals surface area contributed by atoms with E-state index in [1.54, 1.807) is 12.4 Å². The summed E-state index contributed by atoms with van der Waals surface area (Å²) < 4.78 is 0. The van der Waals surface area contributed by atoms with E-state index in [9.17, 15) is 5.21 Å². The lowest BCUT2D eigenvalue weighted by atomic mass is 10.1. The number of benzene rings is 2. The van der Waals surface area contributed by atoms with Gasteiger partial charge in [-0.2, -0.15) is 0 Å².